The number of nitriles is 1. The summed E-state index contributed by atoms with van der Waals surface area (Å²) in [7, 11) is 0. The van der Waals surface area contributed by atoms with Crippen molar-refractivity contribution in [1.29, 1.82) is 5.26 Å². The molecule has 0 radical (unpaired) electrons. The molecule has 3 atom stereocenters. The van der Waals surface area contributed by atoms with Crippen LogP contribution in [-0.4, -0.2) is 23.0 Å². The molecule has 0 amide bonds. The highest BCUT2D eigenvalue weighted by atomic mass is 16.3. The summed E-state index contributed by atoms with van der Waals surface area (Å²) in [4.78, 5) is 4.81. The highest BCUT2D eigenvalue weighted by Crippen LogP contribution is 2.24. The van der Waals surface area contributed by atoms with E-state index in [2.05, 4.69) is 6.07 Å². The maximum Gasteiger partial charge on any atom is 0.143 e. The Morgan fingerprint density at radius 3 is 2.00 bits per heavy atom. The molecule has 0 saturated carbocycles. The quantitative estimate of drug-likeness (QED) is 0.690. The van der Waals surface area contributed by atoms with Gasteiger partial charge in [0.25, 0.3) is 0 Å². The molecular weight excluding hydrogens is 296 g/mol. The molecule has 0 heterocycles. The number of hydrogen-bond donors (Lipinski definition) is 1. The zero-order chi connectivity index (χ0) is 16.8. The smallest absolute Gasteiger partial charge is 0.143 e. The van der Waals surface area contributed by atoms with Gasteiger partial charge in [-0.25, -0.2) is 0 Å². The van der Waals surface area contributed by atoms with E-state index in [1.165, 1.54) is 0 Å². The Morgan fingerprint density at radius 1 is 0.958 bits per heavy atom. The summed E-state index contributed by atoms with van der Waals surface area (Å²) in [6.45, 7) is 0. The monoisotopic (exact) mass is 316 g/mol. The number of aliphatic hydroxyl groups excluding tert-OH is 1. The summed E-state index contributed by atoms with van der Waals surface area (Å²) >= 11 is 0. The van der Waals surface area contributed by atoms with Crippen molar-refractivity contribution in [3.8, 4) is 6.07 Å². The summed E-state index contributed by atoms with van der Waals surface area (Å²) in [5, 5.41) is 19.2. The van der Waals surface area contributed by atoms with E-state index >= 15 is 0 Å². The molecule has 0 aliphatic heterocycles. The van der Waals surface area contributed by atoms with Gasteiger partial charge in [0.1, 0.15) is 6.04 Å². The van der Waals surface area contributed by atoms with Crippen LogP contribution in [0, 0.1) is 17.2 Å². The number of benzene rings is 2. The summed E-state index contributed by atoms with van der Waals surface area (Å²) in [5.74, 6) is 0.0424. The third-order valence-corrected chi connectivity index (χ3v) is 4.28. The molecule has 0 saturated heterocycles. The van der Waals surface area contributed by atoms with Gasteiger partial charge in [0, 0.05) is 17.0 Å². The molecule has 1 unspecified atom stereocenters. The van der Waals surface area contributed by atoms with Crippen LogP contribution < -0.4 is 0 Å². The average molecular weight is 316 g/mol. The Hall–Kier alpha value is -2.70. The molecule has 1 aliphatic carbocycles. The van der Waals surface area contributed by atoms with Crippen LogP contribution in [0.15, 0.2) is 77.8 Å². The van der Waals surface area contributed by atoms with Crippen molar-refractivity contribution >= 4 is 5.71 Å². The van der Waals surface area contributed by atoms with Crippen LogP contribution in [0.25, 0.3) is 0 Å². The van der Waals surface area contributed by atoms with Gasteiger partial charge in [0.05, 0.1) is 17.9 Å². The fourth-order valence-corrected chi connectivity index (χ4v) is 2.96. The van der Waals surface area contributed by atoms with Crippen LogP contribution in [0.3, 0.4) is 0 Å². The Bertz CT molecular complexity index is 718. The molecule has 3 rings (SSSR count). The number of aliphatic imine (C=N–C) groups is 1. The van der Waals surface area contributed by atoms with Gasteiger partial charge in [-0.15, -0.1) is 0 Å². The highest BCUT2D eigenvalue weighted by Gasteiger charge is 2.23. The van der Waals surface area contributed by atoms with Gasteiger partial charge in [-0.3, -0.25) is 4.99 Å². The number of hydrogen-bond acceptors (Lipinski definition) is 3. The van der Waals surface area contributed by atoms with E-state index in [0.717, 1.165) is 23.3 Å². The fraction of sp³-hybridized carbons (Fsp3) is 0.238. The normalized spacial score (nSPS) is 20.8. The van der Waals surface area contributed by atoms with Crippen LogP contribution in [0.4, 0.5) is 0 Å². The van der Waals surface area contributed by atoms with E-state index in [1.807, 2.05) is 66.7 Å². The van der Waals surface area contributed by atoms with E-state index in [0.29, 0.717) is 6.42 Å². The third kappa shape index (κ3) is 3.79. The highest BCUT2D eigenvalue weighted by molar-refractivity contribution is 6.13. The van der Waals surface area contributed by atoms with Crippen molar-refractivity contribution in [3.05, 3.63) is 83.9 Å². The molecule has 0 aromatic heterocycles. The molecule has 1 N–H and O–H groups in total. The first-order valence-electron chi connectivity index (χ1n) is 8.22. The average Bonchev–Trinajstić information content (AvgIpc) is 2.65. The molecule has 3 heteroatoms. The van der Waals surface area contributed by atoms with Crippen molar-refractivity contribution in [2.45, 2.75) is 25.0 Å². The number of aliphatic hydroxyl groups is 1. The van der Waals surface area contributed by atoms with Crippen LogP contribution in [0.2, 0.25) is 0 Å². The molecule has 24 heavy (non-hydrogen) atoms. The van der Waals surface area contributed by atoms with Gasteiger partial charge >= 0.3 is 0 Å². The van der Waals surface area contributed by atoms with Crippen molar-refractivity contribution in [2.24, 2.45) is 10.9 Å². The molecule has 2 aromatic carbocycles. The SMILES string of the molecule is N#CC(N=C(c1ccccc1)c1ccccc1)[C@H]1C=C[C@@H](O)CC1. The van der Waals surface area contributed by atoms with E-state index in [9.17, 15) is 10.4 Å². The van der Waals surface area contributed by atoms with Crippen molar-refractivity contribution in [3.63, 3.8) is 0 Å². The second-order valence-corrected chi connectivity index (χ2v) is 5.98. The van der Waals surface area contributed by atoms with Gasteiger partial charge in [0.2, 0.25) is 0 Å². The minimum atomic E-state index is -0.454. The maximum atomic E-state index is 9.63. The first-order valence-corrected chi connectivity index (χ1v) is 8.22. The summed E-state index contributed by atoms with van der Waals surface area (Å²) in [5.41, 5.74) is 2.84. The molecule has 0 bridgehead atoms. The molecule has 120 valence electrons. The number of nitrogens with zero attached hydrogens (tertiary/aromatic N) is 2. The first kappa shape index (κ1) is 16.2. The summed E-state index contributed by atoms with van der Waals surface area (Å²) < 4.78 is 0. The van der Waals surface area contributed by atoms with Gasteiger partial charge in [-0.05, 0) is 12.8 Å². The molecule has 1 aliphatic rings. The van der Waals surface area contributed by atoms with Crippen molar-refractivity contribution < 1.29 is 5.11 Å². The van der Waals surface area contributed by atoms with Crippen LogP contribution >= 0.6 is 0 Å². The van der Waals surface area contributed by atoms with E-state index in [1.54, 1.807) is 6.08 Å². The molecule has 2 aromatic rings. The van der Waals surface area contributed by atoms with Gasteiger partial charge in [-0.1, -0.05) is 72.8 Å². The Morgan fingerprint density at radius 2 is 1.54 bits per heavy atom. The number of rotatable bonds is 4. The van der Waals surface area contributed by atoms with Crippen LogP contribution in [0.1, 0.15) is 24.0 Å². The summed E-state index contributed by atoms with van der Waals surface area (Å²) in [6.07, 6.45) is 4.77. The van der Waals surface area contributed by atoms with E-state index in [4.69, 9.17) is 4.99 Å². The van der Waals surface area contributed by atoms with Gasteiger partial charge in [-0.2, -0.15) is 5.26 Å². The lowest BCUT2D eigenvalue weighted by atomic mass is 9.88. The minimum Gasteiger partial charge on any atom is -0.389 e. The van der Waals surface area contributed by atoms with Crippen molar-refractivity contribution in [1.82, 2.24) is 0 Å². The minimum absolute atomic E-state index is 0.0424. The lowest BCUT2D eigenvalue weighted by Gasteiger charge is -2.22. The Labute approximate surface area is 142 Å². The Kier molecular flexibility index (Phi) is 5.20. The predicted molar refractivity (Wildman–Crippen MR) is 95.8 cm³/mol. The van der Waals surface area contributed by atoms with Gasteiger partial charge < -0.3 is 5.11 Å². The second-order valence-electron chi connectivity index (χ2n) is 5.98. The van der Waals surface area contributed by atoms with E-state index < -0.39 is 12.1 Å². The van der Waals surface area contributed by atoms with Crippen LogP contribution in [0.5, 0.6) is 0 Å². The third-order valence-electron chi connectivity index (χ3n) is 4.28. The zero-order valence-electron chi connectivity index (χ0n) is 13.4. The lowest BCUT2D eigenvalue weighted by molar-refractivity contribution is 0.193. The lowest BCUT2D eigenvalue weighted by Crippen LogP contribution is -2.23. The maximum absolute atomic E-state index is 9.63. The Balaban J connectivity index is 2.00. The topological polar surface area (TPSA) is 56.4 Å². The zero-order valence-corrected chi connectivity index (χ0v) is 13.4. The molecule has 0 spiro atoms. The van der Waals surface area contributed by atoms with Crippen LogP contribution in [-0.2, 0) is 0 Å². The predicted octanol–water partition coefficient (Wildman–Crippen LogP) is 3.74. The molecule has 0 fully saturated rings. The largest absolute Gasteiger partial charge is 0.389 e. The van der Waals surface area contributed by atoms with Gasteiger partial charge in [0.15, 0.2) is 0 Å². The van der Waals surface area contributed by atoms with E-state index in [-0.39, 0.29) is 5.92 Å². The summed E-state index contributed by atoms with van der Waals surface area (Å²) in [6, 6.07) is 21.8. The molecule has 3 nitrogen and oxygen atoms in total. The standard InChI is InChI=1S/C21H20N2O/c22-15-20(16-11-13-19(24)14-12-16)23-21(17-7-3-1-4-8-17)18-9-5-2-6-10-18/h1-11,13,16,19-20,24H,12,14H2/t16-,19+,20?/m0/s1. The van der Waals surface area contributed by atoms with Crippen molar-refractivity contribution in [2.75, 3.05) is 0 Å². The fourth-order valence-electron chi connectivity index (χ4n) is 2.96. The second kappa shape index (κ2) is 7.72. The molecular formula is C21H20N2O. The first-order chi connectivity index (χ1) is 11.8.